The minimum absolute atomic E-state index is 0.0575. The molecule has 0 radical (unpaired) electrons. The van der Waals surface area contributed by atoms with Crippen molar-refractivity contribution in [2.45, 2.75) is 25.8 Å². The summed E-state index contributed by atoms with van der Waals surface area (Å²) in [5, 5.41) is 14.7. The van der Waals surface area contributed by atoms with Crippen molar-refractivity contribution >= 4 is 17.8 Å². The van der Waals surface area contributed by atoms with E-state index in [1.807, 2.05) is 0 Å². The van der Waals surface area contributed by atoms with Crippen molar-refractivity contribution in [1.29, 1.82) is 0 Å². The third-order valence-corrected chi connectivity index (χ3v) is 2.46. The molecule has 8 nitrogen and oxygen atoms in total. The molecule has 1 atom stereocenters. The molecule has 19 heavy (non-hydrogen) atoms. The quantitative estimate of drug-likeness (QED) is 0.704. The van der Waals surface area contributed by atoms with Crippen LogP contribution in [-0.2, 0) is 14.3 Å². The van der Waals surface area contributed by atoms with Crippen LogP contribution in [0.25, 0.3) is 0 Å². The Balaban J connectivity index is 2.64. The molecule has 2 N–H and O–H groups in total. The van der Waals surface area contributed by atoms with Gasteiger partial charge in [0.1, 0.15) is 17.4 Å². The number of hydrogen-bond donors (Lipinski definition) is 2. The molecule has 1 unspecified atom stereocenters. The van der Waals surface area contributed by atoms with Gasteiger partial charge in [-0.3, -0.25) is 9.59 Å². The normalized spacial score (nSPS) is 11.7. The van der Waals surface area contributed by atoms with Crippen molar-refractivity contribution in [2.24, 2.45) is 0 Å². The number of hydrogen-bond acceptors (Lipinski definition) is 6. The molecule has 1 heterocycles. The Hall–Kier alpha value is -2.38. The molecule has 0 aliphatic rings. The van der Waals surface area contributed by atoms with Crippen LogP contribution in [0.15, 0.2) is 10.7 Å². The van der Waals surface area contributed by atoms with Crippen LogP contribution in [0.1, 0.15) is 29.0 Å². The van der Waals surface area contributed by atoms with E-state index in [0.717, 1.165) is 0 Å². The molecule has 8 heteroatoms. The van der Waals surface area contributed by atoms with Crippen molar-refractivity contribution in [3.63, 3.8) is 0 Å². The van der Waals surface area contributed by atoms with Crippen LogP contribution < -0.4 is 5.32 Å². The summed E-state index contributed by atoms with van der Waals surface area (Å²) in [6.45, 7) is 1.53. The zero-order valence-electron chi connectivity index (χ0n) is 10.5. The van der Waals surface area contributed by atoms with E-state index in [2.05, 4.69) is 15.2 Å². The second kappa shape index (κ2) is 6.53. The summed E-state index contributed by atoms with van der Waals surface area (Å²) in [6.07, 6.45) is 1.04. The second-order valence-corrected chi connectivity index (χ2v) is 3.77. The fraction of sp³-hybridized carbons (Fsp3) is 0.455. The topological polar surface area (TPSA) is 119 Å². The van der Waals surface area contributed by atoms with Gasteiger partial charge in [0.05, 0.1) is 13.3 Å². The van der Waals surface area contributed by atoms with Gasteiger partial charge >= 0.3 is 11.9 Å². The number of carboxylic acid groups (broad SMARTS) is 1. The second-order valence-electron chi connectivity index (χ2n) is 3.77. The van der Waals surface area contributed by atoms with Crippen LogP contribution >= 0.6 is 0 Å². The Bertz CT molecular complexity index is 481. The molecule has 0 spiro atoms. The van der Waals surface area contributed by atoms with Crippen LogP contribution in [0.5, 0.6) is 0 Å². The number of methoxy groups -OCH3 is 1. The van der Waals surface area contributed by atoms with Gasteiger partial charge in [0.15, 0.2) is 0 Å². The monoisotopic (exact) mass is 270 g/mol. The van der Waals surface area contributed by atoms with Crippen LogP contribution in [-0.4, -0.2) is 41.3 Å². The molecule has 1 amide bonds. The van der Waals surface area contributed by atoms with E-state index in [0.29, 0.717) is 0 Å². The molecule has 104 valence electrons. The number of aryl methyl sites for hydroxylation is 1. The van der Waals surface area contributed by atoms with Gasteiger partial charge in [0.25, 0.3) is 5.91 Å². The maximum absolute atomic E-state index is 11.8. The molecule has 1 aromatic heterocycles. The smallest absolute Gasteiger partial charge is 0.326 e. The van der Waals surface area contributed by atoms with Gasteiger partial charge in [-0.1, -0.05) is 5.16 Å². The molecule has 0 aromatic carbocycles. The van der Waals surface area contributed by atoms with E-state index < -0.39 is 23.9 Å². The lowest BCUT2D eigenvalue weighted by atomic mass is 10.1. The molecular formula is C11H14N2O6. The van der Waals surface area contributed by atoms with E-state index in [9.17, 15) is 14.4 Å². The highest BCUT2D eigenvalue weighted by molar-refractivity contribution is 5.97. The molecular weight excluding hydrogens is 256 g/mol. The number of aromatic nitrogens is 1. The third kappa shape index (κ3) is 4.09. The van der Waals surface area contributed by atoms with Gasteiger partial charge in [0.2, 0.25) is 0 Å². The summed E-state index contributed by atoms with van der Waals surface area (Å²) < 4.78 is 9.12. The van der Waals surface area contributed by atoms with Crippen molar-refractivity contribution < 1.29 is 28.8 Å². The fourth-order valence-corrected chi connectivity index (χ4v) is 1.37. The Morgan fingerprint density at radius 1 is 1.53 bits per heavy atom. The van der Waals surface area contributed by atoms with E-state index >= 15 is 0 Å². The lowest BCUT2D eigenvalue weighted by Gasteiger charge is -2.13. The zero-order chi connectivity index (χ0) is 14.4. The number of carboxylic acids is 1. The molecule has 0 aliphatic carbocycles. The Morgan fingerprint density at radius 2 is 2.21 bits per heavy atom. The standard InChI is InChI=1S/C11H14N2O6/c1-6-7(5-12-19-6)10(15)13-8(11(16)17)3-4-9(14)18-2/h5,8H,3-4H2,1-2H3,(H,13,15)(H,16,17). The Labute approximate surface area is 108 Å². The summed E-state index contributed by atoms with van der Waals surface area (Å²) in [4.78, 5) is 33.7. The average molecular weight is 270 g/mol. The zero-order valence-corrected chi connectivity index (χ0v) is 10.5. The Morgan fingerprint density at radius 3 is 2.68 bits per heavy atom. The van der Waals surface area contributed by atoms with E-state index in [-0.39, 0.29) is 24.2 Å². The predicted octanol–water partition coefficient (Wildman–Crippen LogP) is 0.119. The van der Waals surface area contributed by atoms with Crippen LogP contribution in [0.2, 0.25) is 0 Å². The largest absolute Gasteiger partial charge is 0.480 e. The maximum Gasteiger partial charge on any atom is 0.326 e. The summed E-state index contributed by atoms with van der Waals surface area (Å²) >= 11 is 0. The third-order valence-electron chi connectivity index (χ3n) is 2.46. The van der Waals surface area contributed by atoms with Crippen molar-refractivity contribution in [1.82, 2.24) is 10.5 Å². The van der Waals surface area contributed by atoms with Crippen molar-refractivity contribution in [3.05, 3.63) is 17.5 Å². The van der Waals surface area contributed by atoms with Gasteiger partial charge in [-0.15, -0.1) is 0 Å². The number of aliphatic carboxylic acids is 1. The highest BCUT2D eigenvalue weighted by Gasteiger charge is 2.23. The summed E-state index contributed by atoms with van der Waals surface area (Å²) in [6, 6.07) is -1.18. The molecule has 0 aliphatic heterocycles. The average Bonchev–Trinajstić information content (AvgIpc) is 2.79. The van der Waals surface area contributed by atoms with Gasteiger partial charge < -0.3 is 19.7 Å². The molecule has 0 bridgehead atoms. The number of nitrogens with one attached hydrogen (secondary N) is 1. The number of esters is 1. The van der Waals surface area contributed by atoms with Gasteiger partial charge in [0, 0.05) is 6.42 Å². The molecule has 0 saturated carbocycles. The van der Waals surface area contributed by atoms with Crippen molar-refractivity contribution in [2.75, 3.05) is 7.11 Å². The summed E-state index contributed by atoms with van der Waals surface area (Å²) in [7, 11) is 1.21. The predicted molar refractivity (Wildman–Crippen MR) is 61.4 cm³/mol. The van der Waals surface area contributed by atoms with Crippen LogP contribution in [0.3, 0.4) is 0 Å². The number of amides is 1. The number of carbonyl (C=O) groups excluding carboxylic acids is 2. The molecule has 0 fully saturated rings. The molecule has 1 rings (SSSR count). The highest BCUT2D eigenvalue weighted by atomic mass is 16.5. The first-order chi connectivity index (χ1) is 8.95. The molecule has 1 aromatic rings. The first-order valence-electron chi connectivity index (χ1n) is 5.47. The van der Waals surface area contributed by atoms with Crippen LogP contribution in [0, 0.1) is 6.92 Å². The van der Waals surface area contributed by atoms with Gasteiger partial charge in [-0.2, -0.15) is 0 Å². The maximum atomic E-state index is 11.8. The number of ether oxygens (including phenoxy) is 1. The van der Waals surface area contributed by atoms with Gasteiger partial charge in [-0.05, 0) is 13.3 Å². The number of carbonyl (C=O) groups is 3. The van der Waals surface area contributed by atoms with E-state index in [4.69, 9.17) is 9.63 Å². The van der Waals surface area contributed by atoms with Crippen LogP contribution in [0.4, 0.5) is 0 Å². The minimum atomic E-state index is -1.23. The summed E-state index contributed by atoms with van der Waals surface area (Å²) in [5.41, 5.74) is 0.157. The van der Waals surface area contributed by atoms with E-state index in [1.54, 1.807) is 0 Å². The van der Waals surface area contributed by atoms with Gasteiger partial charge in [-0.25, -0.2) is 4.79 Å². The SMILES string of the molecule is COC(=O)CCC(NC(=O)c1cnoc1C)C(=O)O. The highest BCUT2D eigenvalue weighted by Crippen LogP contribution is 2.07. The Kier molecular flexibility index (Phi) is 5.04. The number of rotatable bonds is 6. The molecule has 0 saturated heterocycles. The lowest BCUT2D eigenvalue weighted by Crippen LogP contribution is -2.41. The van der Waals surface area contributed by atoms with Crippen molar-refractivity contribution in [3.8, 4) is 0 Å². The summed E-state index contributed by atoms with van der Waals surface area (Å²) in [5.74, 6) is -2.10. The number of nitrogens with zero attached hydrogens (tertiary/aromatic N) is 1. The first kappa shape index (κ1) is 14.7. The fourth-order valence-electron chi connectivity index (χ4n) is 1.37. The van der Waals surface area contributed by atoms with E-state index in [1.165, 1.54) is 20.2 Å². The minimum Gasteiger partial charge on any atom is -0.480 e. The first-order valence-corrected chi connectivity index (χ1v) is 5.47. The lowest BCUT2D eigenvalue weighted by molar-refractivity contribution is -0.142.